The van der Waals surface area contributed by atoms with Crippen LogP contribution in [0.25, 0.3) is 0 Å². The van der Waals surface area contributed by atoms with E-state index in [1.54, 1.807) is 6.20 Å². The second kappa shape index (κ2) is 11.1. The van der Waals surface area contributed by atoms with Gasteiger partial charge >= 0.3 is 0 Å². The average Bonchev–Trinajstić information content (AvgIpc) is 2.81. The molecule has 2 aromatic rings. The molecule has 2 N–H and O–H groups in total. The van der Waals surface area contributed by atoms with E-state index >= 15 is 0 Å². The fourth-order valence-electron chi connectivity index (χ4n) is 2.49. The number of carbonyl (C=O) groups is 1. The number of hydrogen-bond donors (Lipinski definition) is 2. The molecule has 5 nitrogen and oxygen atoms in total. The topological polar surface area (TPSA) is 58.9 Å². The minimum absolute atomic E-state index is 0. The maximum absolute atomic E-state index is 12.3. The number of aromatic nitrogens is 2. The van der Waals surface area contributed by atoms with Crippen molar-refractivity contribution >= 4 is 30.7 Å². The molecule has 0 spiro atoms. The van der Waals surface area contributed by atoms with Crippen molar-refractivity contribution in [1.29, 1.82) is 0 Å². The third-order valence-electron chi connectivity index (χ3n) is 3.75. The monoisotopic (exact) mass is 372 g/mol. The second-order valence-corrected chi connectivity index (χ2v) is 5.41. The van der Waals surface area contributed by atoms with E-state index in [0.717, 1.165) is 35.6 Å². The fraction of sp³-hybridized carbons (Fsp3) is 0.412. The molecule has 2 aromatic heterocycles. The highest BCUT2D eigenvalue weighted by atomic mass is 35.5. The number of carbonyl (C=O) groups excluding carboxylic acids is 1. The van der Waals surface area contributed by atoms with E-state index in [9.17, 15) is 4.79 Å². The lowest BCUT2D eigenvalue weighted by Crippen LogP contribution is -2.27. The summed E-state index contributed by atoms with van der Waals surface area (Å²) in [6.07, 6.45) is 2.72. The Hall–Kier alpha value is -1.56. The van der Waals surface area contributed by atoms with Gasteiger partial charge in [-0.2, -0.15) is 0 Å². The lowest BCUT2D eigenvalue weighted by molar-refractivity contribution is 0.0952. The van der Waals surface area contributed by atoms with Crippen LogP contribution in [0.15, 0.2) is 30.5 Å². The van der Waals surface area contributed by atoms with E-state index < -0.39 is 0 Å². The van der Waals surface area contributed by atoms with Gasteiger partial charge in [-0.1, -0.05) is 6.07 Å². The van der Waals surface area contributed by atoms with Crippen LogP contribution in [-0.2, 0) is 6.54 Å². The van der Waals surface area contributed by atoms with E-state index in [1.165, 1.54) is 0 Å². The lowest BCUT2D eigenvalue weighted by Gasteiger charge is -2.09. The highest BCUT2D eigenvalue weighted by molar-refractivity contribution is 5.95. The van der Waals surface area contributed by atoms with E-state index in [4.69, 9.17) is 0 Å². The maximum Gasteiger partial charge on any atom is 0.253 e. The van der Waals surface area contributed by atoms with Gasteiger partial charge in [0.1, 0.15) is 0 Å². The lowest BCUT2D eigenvalue weighted by atomic mass is 10.2. The molecule has 0 aliphatic carbocycles. The molecule has 0 bridgehead atoms. The Balaban J connectivity index is 0.00000264. The quantitative estimate of drug-likeness (QED) is 0.734. The van der Waals surface area contributed by atoms with Crippen LogP contribution in [0.4, 0.5) is 0 Å². The zero-order chi connectivity index (χ0) is 15.9. The van der Waals surface area contributed by atoms with Crippen LogP contribution in [0.3, 0.4) is 0 Å². The predicted molar refractivity (Wildman–Crippen MR) is 103 cm³/mol. The largest absolute Gasteiger partial charge is 0.352 e. The molecule has 2 rings (SSSR count). The summed E-state index contributed by atoms with van der Waals surface area (Å²) in [7, 11) is 1.91. The van der Waals surface area contributed by atoms with Gasteiger partial charge < -0.3 is 15.2 Å². The second-order valence-electron chi connectivity index (χ2n) is 5.41. The van der Waals surface area contributed by atoms with Gasteiger partial charge in [-0.25, -0.2) is 0 Å². The van der Waals surface area contributed by atoms with Crippen molar-refractivity contribution in [2.24, 2.45) is 0 Å². The summed E-state index contributed by atoms with van der Waals surface area (Å²) in [5, 5.41) is 6.04. The Morgan fingerprint density at radius 3 is 2.58 bits per heavy atom. The number of rotatable bonds is 7. The zero-order valence-electron chi connectivity index (χ0n) is 14.3. The fourth-order valence-corrected chi connectivity index (χ4v) is 2.49. The van der Waals surface area contributed by atoms with Crippen LogP contribution in [0.5, 0.6) is 0 Å². The van der Waals surface area contributed by atoms with E-state index in [0.29, 0.717) is 13.1 Å². The van der Waals surface area contributed by atoms with Crippen molar-refractivity contribution in [1.82, 2.24) is 20.2 Å². The molecule has 0 atom stereocenters. The van der Waals surface area contributed by atoms with Crippen molar-refractivity contribution < 1.29 is 4.79 Å². The summed E-state index contributed by atoms with van der Waals surface area (Å²) >= 11 is 0. The SMILES string of the molecule is CNCCCNC(=O)c1cc(C)n(Cc2ccccn2)c1C.Cl.Cl. The summed E-state index contributed by atoms with van der Waals surface area (Å²) in [4.78, 5) is 16.6. The van der Waals surface area contributed by atoms with Gasteiger partial charge in [0.15, 0.2) is 0 Å². The van der Waals surface area contributed by atoms with Crippen LogP contribution >= 0.6 is 24.8 Å². The van der Waals surface area contributed by atoms with Crippen molar-refractivity contribution in [2.45, 2.75) is 26.8 Å². The minimum Gasteiger partial charge on any atom is -0.352 e. The number of pyridine rings is 1. The van der Waals surface area contributed by atoms with Gasteiger partial charge in [-0.05, 0) is 52.1 Å². The normalized spacial score (nSPS) is 9.79. The number of nitrogens with zero attached hydrogens (tertiary/aromatic N) is 2. The summed E-state index contributed by atoms with van der Waals surface area (Å²) in [6.45, 7) is 6.28. The minimum atomic E-state index is -0.00326. The number of halogens is 2. The Morgan fingerprint density at radius 2 is 1.96 bits per heavy atom. The van der Waals surface area contributed by atoms with Crippen LogP contribution in [0, 0.1) is 13.8 Å². The van der Waals surface area contributed by atoms with Gasteiger partial charge in [0.2, 0.25) is 0 Å². The first kappa shape index (κ1) is 22.4. The summed E-state index contributed by atoms with van der Waals surface area (Å²) in [5.41, 5.74) is 3.79. The van der Waals surface area contributed by atoms with Gasteiger partial charge in [-0.3, -0.25) is 9.78 Å². The Labute approximate surface area is 156 Å². The summed E-state index contributed by atoms with van der Waals surface area (Å²) in [6, 6.07) is 7.83. The standard InChI is InChI=1S/C17H24N4O.2ClH/c1-13-11-16(17(22)20-10-6-8-18-3)14(2)21(13)12-15-7-4-5-9-19-15;;/h4-5,7,9,11,18H,6,8,10,12H2,1-3H3,(H,20,22);2*1H. The molecule has 24 heavy (non-hydrogen) atoms. The molecule has 0 fully saturated rings. The Morgan fingerprint density at radius 1 is 1.21 bits per heavy atom. The molecule has 0 aliphatic rings. The smallest absolute Gasteiger partial charge is 0.253 e. The van der Waals surface area contributed by atoms with E-state index in [1.807, 2.05) is 45.2 Å². The van der Waals surface area contributed by atoms with E-state index in [2.05, 4.69) is 20.2 Å². The molecule has 0 unspecified atom stereocenters. The maximum atomic E-state index is 12.3. The Kier molecular flexibility index (Phi) is 10.4. The van der Waals surface area contributed by atoms with Crippen LogP contribution < -0.4 is 10.6 Å². The first-order valence-corrected chi connectivity index (χ1v) is 7.63. The number of amides is 1. The van der Waals surface area contributed by atoms with Gasteiger partial charge in [0.05, 0.1) is 17.8 Å². The summed E-state index contributed by atoms with van der Waals surface area (Å²) < 4.78 is 2.13. The van der Waals surface area contributed by atoms with Crippen molar-refractivity contribution in [3.8, 4) is 0 Å². The molecule has 0 saturated heterocycles. The number of nitrogens with one attached hydrogen (secondary N) is 2. The zero-order valence-corrected chi connectivity index (χ0v) is 16.0. The highest BCUT2D eigenvalue weighted by Crippen LogP contribution is 2.16. The molecular formula is C17H26Cl2N4O. The molecular weight excluding hydrogens is 347 g/mol. The molecule has 0 aliphatic heterocycles. The van der Waals surface area contributed by atoms with Gasteiger partial charge in [-0.15, -0.1) is 24.8 Å². The van der Waals surface area contributed by atoms with Crippen LogP contribution in [0.2, 0.25) is 0 Å². The molecule has 134 valence electrons. The van der Waals surface area contributed by atoms with E-state index in [-0.39, 0.29) is 30.7 Å². The third-order valence-corrected chi connectivity index (χ3v) is 3.75. The Bertz CT molecular complexity index is 629. The predicted octanol–water partition coefficient (Wildman–Crippen LogP) is 2.73. The van der Waals surface area contributed by atoms with Gasteiger partial charge in [0.25, 0.3) is 5.91 Å². The molecule has 0 aromatic carbocycles. The molecule has 7 heteroatoms. The number of aryl methyl sites for hydroxylation is 1. The molecule has 2 heterocycles. The van der Waals surface area contributed by atoms with Gasteiger partial charge in [0, 0.05) is 24.1 Å². The first-order chi connectivity index (χ1) is 10.6. The van der Waals surface area contributed by atoms with Crippen molar-refractivity contribution in [2.75, 3.05) is 20.1 Å². The molecule has 0 saturated carbocycles. The average molecular weight is 373 g/mol. The highest BCUT2D eigenvalue weighted by Gasteiger charge is 2.15. The van der Waals surface area contributed by atoms with Crippen molar-refractivity contribution in [3.63, 3.8) is 0 Å². The summed E-state index contributed by atoms with van der Waals surface area (Å²) in [5.74, 6) is -0.00326. The number of hydrogen-bond acceptors (Lipinski definition) is 3. The third kappa shape index (κ3) is 5.82. The van der Waals surface area contributed by atoms with Crippen LogP contribution in [-0.4, -0.2) is 35.6 Å². The molecule has 0 radical (unpaired) electrons. The first-order valence-electron chi connectivity index (χ1n) is 7.63. The van der Waals surface area contributed by atoms with Crippen LogP contribution in [0.1, 0.15) is 33.9 Å². The molecule has 1 amide bonds. The van der Waals surface area contributed by atoms with Crippen molar-refractivity contribution in [3.05, 3.63) is 53.1 Å².